The summed E-state index contributed by atoms with van der Waals surface area (Å²) in [5, 5.41) is 11.0. The van der Waals surface area contributed by atoms with Crippen molar-refractivity contribution in [3.63, 3.8) is 0 Å². The third-order valence-electron chi connectivity index (χ3n) is 9.37. The van der Waals surface area contributed by atoms with Crippen LogP contribution in [0.1, 0.15) is 79.1 Å². The van der Waals surface area contributed by atoms with Crippen molar-refractivity contribution in [2.24, 2.45) is 40.4 Å². The van der Waals surface area contributed by atoms with Gasteiger partial charge in [-0.3, -0.25) is 4.79 Å². The van der Waals surface area contributed by atoms with Crippen molar-refractivity contribution in [2.75, 3.05) is 0 Å². The average molecular weight is 319 g/mol. The minimum absolute atomic E-state index is 0.119. The molecule has 0 spiro atoms. The number of Topliss-reactive ketones (excluding diaryl/α,β-unsaturated/α-hetero) is 1. The Kier molecular flexibility index (Phi) is 3.39. The number of rotatable bonds is 0. The van der Waals surface area contributed by atoms with Gasteiger partial charge in [-0.15, -0.1) is 0 Å². The second-order valence-electron chi connectivity index (χ2n) is 10.2. The van der Waals surface area contributed by atoms with Crippen LogP contribution in [0.25, 0.3) is 0 Å². The molecule has 4 aliphatic rings. The first kappa shape index (κ1) is 16.1. The summed E-state index contributed by atoms with van der Waals surface area (Å²) in [5.74, 6) is 3.65. The first-order chi connectivity index (χ1) is 10.7. The van der Waals surface area contributed by atoms with Gasteiger partial charge in [0.05, 0.1) is 5.60 Å². The molecule has 4 rings (SSSR count). The maximum Gasteiger partial charge on any atom is 0.136 e. The van der Waals surface area contributed by atoms with E-state index in [9.17, 15) is 9.90 Å². The predicted octanol–water partition coefficient (Wildman–Crippen LogP) is 4.60. The van der Waals surface area contributed by atoms with Crippen molar-refractivity contribution in [3.05, 3.63) is 0 Å². The van der Waals surface area contributed by atoms with Crippen molar-refractivity contribution >= 4 is 5.78 Å². The molecule has 2 nitrogen and oxygen atoms in total. The highest BCUT2D eigenvalue weighted by Crippen LogP contribution is 2.68. The SMILES string of the molecule is C[C@@H]1C[C@@]2(C)[C@@H](CC[C@H]3[C@H]2CC[C@]2(C)[C@@H]3CC[C@]2(C)O)CC1=O. The van der Waals surface area contributed by atoms with Gasteiger partial charge >= 0.3 is 0 Å². The Bertz CT molecular complexity index is 524. The summed E-state index contributed by atoms with van der Waals surface area (Å²) in [7, 11) is 0. The van der Waals surface area contributed by atoms with Crippen LogP contribution in [0.3, 0.4) is 0 Å². The maximum atomic E-state index is 12.2. The lowest BCUT2D eigenvalue weighted by Gasteiger charge is -2.61. The van der Waals surface area contributed by atoms with Gasteiger partial charge in [0.2, 0.25) is 0 Å². The van der Waals surface area contributed by atoms with Crippen LogP contribution in [-0.2, 0) is 4.79 Å². The third kappa shape index (κ3) is 2.00. The van der Waals surface area contributed by atoms with Crippen LogP contribution in [0, 0.1) is 40.4 Å². The Morgan fingerprint density at radius 2 is 1.70 bits per heavy atom. The van der Waals surface area contributed by atoms with E-state index in [0.717, 1.165) is 31.1 Å². The lowest BCUT2D eigenvalue weighted by atomic mass is 9.44. The molecule has 0 unspecified atom stereocenters. The summed E-state index contributed by atoms with van der Waals surface area (Å²) in [6, 6.07) is 0. The summed E-state index contributed by atoms with van der Waals surface area (Å²) in [6.07, 6.45) is 9.11. The predicted molar refractivity (Wildman–Crippen MR) is 91.9 cm³/mol. The number of fused-ring (bicyclic) bond motifs is 5. The van der Waals surface area contributed by atoms with E-state index in [1.54, 1.807) is 0 Å². The molecular weight excluding hydrogens is 284 g/mol. The van der Waals surface area contributed by atoms with Crippen LogP contribution in [0.2, 0.25) is 0 Å². The van der Waals surface area contributed by atoms with Crippen LogP contribution in [0.4, 0.5) is 0 Å². The van der Waals surface area contributed by atoms with Gasteiger partial charge in [-0.05, 0) is 86.4 Å². The molecule has 4 fully saturated rings. The number of hydrogen-bond donors (Lipinski definition) is 1. The van der Waals surface area contributed by atoms with Gasteiger partial charge in [-0.25, -0.2) is 0 Å². The second kappa shape index (κ2) is 4.84. The normalized spacial score (nSPS) is 59.2. The van der Waals surface area contributed by atoms with Crippen molar-refractivity contribution in [3.8, 4) is 0 Å². The first-order valence-electron chi connectivity index (χ1n) is 9.94. The molecule has 0 amide bonds. The van der Waals surface area contributed by atoms with Gasteiger partial charge in [0.1, 0.15) is 5.78 Å². The highest BCUT2D eigenvalue weighted by atomic mass is 16.3. The van der Waals surface area contributed by atoms with Crippen molar-refractivity contribution < 1.29 is 9.90 Å². The highest BCUT2D eigenvalue weighted by Gasteiger charge is 2.63. The Labute approximate surface area is 141 Å². The van der Waals surface area contributed by atoms with Crippen LogP contribution in [0.15, 0.2) is 0 Å². The average Bonchev–Trinajstić information content (AvgIpc) is 2.71. The smallest absolute Gasteiger partial charge is 0.136 e. The van der Waals surface area contributed by atoms with Crippen molar-refractivity contribution in [1.29, 1.82) is 0 Å². The molecule has 0 heterocycles. The molecule has 4 aliphatic carbocycles. The number of carbonyl (C=O) groups excluding carboxylic acids is 1. The van der Waals surface area contributed by atoms with Gasteiger partial charge < -0.3 is 5.11 Å². The van der Waals surface area contributed by atoms with Crippen LogP contribution < -0.4 is 0 Å². The molecule has 0 aromatic carbocycles. The van der Waals surface area contributed by atoms with Gasteiger partial charge in [-0.2, -0.15) is 0 Å². The van der Waals surface area contributed by atoms with E-state index < -0.39 is 5.60 Å². The Balaban J connectivity index is 1.66. The maximum absolute atomic E-state index is 12.2. The largest absolute Gasteiger partial charge is 0.390 e. The molecule has 2 heteroatoms. The standard InChI is InChI=1S/C21H34O2/c1-13-12-19(2)14(11-18(13)22)5-6-15-16(19)7-9-20(3)17(15)8-10-21(20,4)23/h13-17,23H,5-12H2,1-4H3/t13-,14+,15+,16-,17-,19+,20-,21+/m1/s1. The van der Waals surface area contributed by atoms with E-state index in [4.69, 9.17) is 0 Å². The van der Waals surface area contributed by atoms with E-state index in [2.05, 4.69) is 27.7 Å². The van der Waals surface area contributed by atoms with Gasteiger partial charge in [0, 0.05) is 12.3 Å². The van der Waals surface area contributed by atoms with Crippen LogP contribution in [0.5, 0.6) is 0 Å². The van der Waals surface area contributed by atoms with Gasteiger partial charge in [-0.1, -0.05) is 20.8 Å². The zero-order valence-corrected chi connectivity index (χ0v) is 15.4. The molecule has 4 saturated carbocycles. The van der Waals surface area contributed by atoms with Crippen LogP contribution >= 0.6 is 0 Å². The van der Waals surface area contributed by atoms with Gasteiger partial charge in [0.15, 0.2) is 0 Å². The fraction of sp³-hybridized carbons (Fsp3) is 0.952. The topological polar surface area (TPSA) is 37.3 Å². The third-order valence-corrected chi connectivity index (χ3v) is 9.37. The number of aliphatic hydroxyl groups is 1. The van der Waals surface area contributed by atoms with E-state index in [1.165, 1.54) is 32.1 Å². The summed E-state index contributed by atoms with van der Waals surface area (Å²) < 4.78 is 0. The molecule has 0 radical (unpaired) electrons. The monoisotopic (exact) mass is 318 g/mol. The van der Waals surface area contributed by atoms with Crippen molar-refractivity contribution in [1.82, 2.24) is 0 Å². The van der Waals surface area contributed by atoms with Crippen LogP contribution in [-0.4, -0.2) is 16.5 Å². The molecule has 0 aromatic heterocycles. The zero-order valence-electron chi connectivity index (χ0n) is 15.4. The number of hydrogen-bond acceptors (Lipinski definition) is 2. The Morgan fingerprint density at radius 1 is 1.00 bits per heavy atom. The molecule has 0 aliphatic heterocycles. The summed E-state index contributed by atoms with van der Waals surface area (Å²) in [4.78, 5) is 12.2. The van der Waals surface area contributed by atoms with Crippen molar-refractivity contribution in [2.45, 2.75) is 84.7 Å². The quantitative estimate of drug-likeness (QED) is 0.709. The Morgan fingerprint density at radius 3 is 2.43 bits per heavy atom. The van der Waals surface area contributed by atoms with E-state index in [1.807, 2.05) is 0 Å². The molecule has 1 N–H and O–H groups in total. The minimum atomic E-state index is -0.476. The van der Waals surface area contributed by atoms with E-state index in [-0.39, 0.29) is 11.3 Å². The van der Waals surface area contributed by atoms with Gasteiger partial charge in [0.25, 0.3) is 0 Å². The molecule has 0 bridgehead atoms. The van der Waals surface area contributed by atoms with E-state index >= 15 is 0 Å². The Hall–Kier alpha value is -0.370. The molecule has 23 heavy (non-hydrogen) atoms. The summed E-state index contributed by atoms with van der Waals surface area (Å²) in [6.45, 7) is 9.11. The lowest BCUT2D eigenvalue weighted by molar-refractivity contribution is -0.158. The summed E-state index contributed by atoms with van der Waals surface area (Å²) in [5.41, 5.74) is 0.00962. The second-order valence-corrected chi connectivity index (χ2v) is 10.2. The molecule has 0 saturated heterocycles. The number of carbonyl (C=O) groups is 1. The van der Waals surface area contributed by atoms with E-state index in [0.29, 0.717) is 23.0 Å². The number of ketones is 1. The minimum Gasteiger partial charge on any atom is -0.390 e. The molecule has 0 aromatic rings. The fourth-order valence-electron chi connectivity index (χ4n) is 7.65. The zero-order chi connectivity index (χ0) is 16.6. The lowest BCUT2D eigenvalue weighted by Crippen LogP contribution is -2.56. The molecular formula is C21H34O2. The highest BCUT2D eigenvalue weighted by molar-refractivity contribution is 5.82. The fourth-order valence-corrected chi connectivity index (χ4v) is 7.65. The molecule has 130 valence electrons. The molecule has 8 atom stereocenters. The first-order valence-corrected chi connectivity index (χ1v) is 9.94. The summed E-state index contributed by atoms with van der Waals surface area (Å²) >= 11 is 0.